The van der Waals surface area contributed by atoms with E-state index in [9.17, 15) is 4.79 Å². The van der Waals surface area contributed by atoms with E-state index in [1.54, 1.807) is 6.20 Å². The van der Waals surface area contributed by atoms with Gasteiger partial charge in [-0.25, -0.2) is 0 Å². The van der Waals surface area contributed by atoms with Gasteiger partial charge >= 0.3 is 5.97 Å². The molecule has 0 aliphatic heterocycles. The lowest BCUT2D eigenvalue weighted by molar-refractivity contribution is -0.137. The van der Waals surface area contributed by atoms with Crippen LogP contribution < -0.4 is 5.32 Å². The topological polar surface area (TPSA) is 75.1 Å². The number of carboxylic acid groups (broad SMARTS) is 1. The number of nitrogens with zero attached hydrogens (tertiary/aromatic N) is 2. The van der Waals surface area contributed by atoms with Gasteiger partial charge in [0.05, 0.1) is 6.20 Å². The van der Waals surface area contributed by atoms with Gasteiger partial charge in [-0.1, -0.05) is 24.3 Å². The SMILES string of the molecule is O=C(O)CCCCNc1nncc2ccccc12. The fraction of sp³-hybridized carbons (Fsp3) is 0.308. The van der Waals surface area contributed by atoms with Gasteiger partial charge in [-0.3, -0.25) is 4.79 Å². The first-order chi connectivity index (χ1) is 8.77. The quantitative estimate of drug-likeness (QED) is 0.764. The van der Waals surface area contributed by atoms with E-state index in [4.69, 9.17) is 5.11 Å². The molecule has 1 aromatic carbocycles. The van der Waals surface area contributed by atoms with Crippen LogP contribution in [0.4, 0.5) is 5.82 Å². The molecule has 0 bridgehead atoms. The van der Waals surface area contributed by atoms with Crippen LogP contribution in [0.3, 0.4) is 0 Å². The number of aromatic nitrogens is 2. The molecule has 0 aliphatic rings. The molecule has 0 amide bonds. The highest BCUT2D eigenvalue weighted by atomic mass is 16.4. The summed E-state index contributed by atoms with van der Waals surface area (Å²) in [5, 5.41) is 21.8. The minimum absolute atomic E-state index is 0.211. The predicted molar refractivity (Wildman–Crippen MR) is 69.5 cm³/mol. The van der Waals surface area contributed by atoms with Crippen LogP contribution in [0.5, 0.6) is 0 Å². The summed E-state index contributed by atoms with van der Waals surface area (Å²) in [4.78, 5) is 10.4. The van der Waals surface area contributed by atoms with Crippen LogP contribution in [0.2, 0.25) is 0 Å². The standard InChI is InChI=1S/C13H15N3O2/c17-12(18)7-3-4-8-14-13-11-6-2-1-5-10(11)9-15-16-13/h1-2,5-6,9H,3-4,7-8H2,(H,14,16)(H,17,18). The van der Waals surface area contributed by atoms with Gasteiger partial charge in [0.1, 0.15) is 0 Å². The minimum Gasteiger partial charge on any atom is -0.481 e. The number of hydrogen-bond acceptors (Lipinski definition) is 4. The van der Waals surface area contributed by atoms with E-state index < -0.39 is 5.97 Å². The van der Waals surface area contributed by atoms with Crippen molar-refractivity contribution < 1.29 is 9.90 Å². The molecule has 1 heterocycles. The second-order valence-electron chi connectivity index (χ2n) is 4.06. The normalized spacial score (nSPS) is 10.4. The second-order valence-corrected chi connectivity index (χ2v) is 4.06. The van der Waals surface area contributed by atoms with Crippen molar-refractivity contribution in [1.82, 2.24) is 10.2 Å². The zero-order valence-electron chi connectivity index (χ0n) is 9.97. The Bertz CT molecular complexity index is 537. The van der Waals surface area contributed by atoms with Crippen molar-refractivity contribution in [2.24, 2.45) is 0 Å². The summed E-state index contributed by atoms with van der Waals surface area (Å²) in [5.74, 6) is 0.00313. The molecule has 0 aliphatic carbocycles. The molecular weight excluding hydrogens is 230 g/mol. The van der Waals surface area contributed by atoms with Crippen molar-refractivity contribution in [1.29, 1.82) is 0 Å². The van der Waals surface area contributed by atoms with Crippen molar-refractivity contribution in [2.75, 3.05) is 11.9 Å². The third-order valence-corrected chi connectivity index (χ3v) is 2.68. The molecule has 1 aromatic heterocycles. The largest absolute Gasteiger partial charge is 0.481 e. The first kappa shape index (κ1) is 12.3. The van der Waals surface area contributed by atoms with Crippen molar-refractivity contribution in [2.45, 2.75) is 19.3 Å². The summed E-state index contributed by atoms with van der Waals surface area (Å²) in [6, 6.07) is 7.89. The molecule has 0 saturated heterocycles. The number of carboxylic acids is 1. The van der Waals surface area contributed by atoms with Crippen LogP contribution in [0.15, 0.2) is 30.5 Å². The van der Waals surface area contributed by atoms with E-state index in [0.29, 0.717) is 13.0 Å². The Hall–Kier alpha value is -2.17. The zero-order valence-corrected chi connectivity index (χ0v) is 9.97. The van der Waals surface area contributed by atoms with Crippen molar-refractivity contribution in [3.63, 3.8) is 0 Å². The molecule has 0 saturated carbocycles. The molecule has 0 atom stereocenters. The fourth-order valence-corrected chi connectivity index (χ4v) is 1.77. The van der Waals surface area contributed by atoms with Gasteiger partial charge in [0.2, 0.25) is 0 Å². The van der Waals surface area contributed by atoms with Gasteiger partial charge in [0.15, 0.2) is 5.82 Å². The molecule has 0 radical (unpaired) electrons. The number of unbranched alkanes of at least 4 members (excludes halogenated alkanes) is 1. The maximum absolute atomic E-state index is 10.4. The van der Waals surface area contributed by atoms with E-state index in [1.165, 1.54) is 0 Å². The summed E-state index contributed by atoms with van der Waals surface area (Å²) in [6.07, 6.45) is 3.41. The Kier molecular flexibility index (Phi) is 4.06. The Balaban J connectivity index is 1.93. The van der Waals surface area contributed by atoms with E-state index in [2.05, 4.69) is 15.5 Å². The maximum atomic E-state index is 10.4. The molecule has 5 nitrogen and oxygen atoms in total. The first-order valence-corrected chi connectivity index (χ1v) is 5.93. The van der Waals surface area contributed by atoms with Crippen LogP contribution in [-0.4, -0.2) is 27.8 Å². The minimum atomic E-state index is -0.750. The lowest BCUT2D eigenvalue weighted by atomic mass is 10.2. The Labute approximate surface area is 105 Å². The van der Waals surface area contributed by atoms with Gasteiger partial charge in [-0.05, 0) is 12.8 Å². The smallest absolute Gasteiger partial charge is 0.303 e. The van der Waals surface area contributed by atoms with Crippen LogP contribution >= 0.6 is 0 Å². The van der Waals surface area contributed by atoms with E-state index >= 15 is 0 Å². The van der Waals surface area contributed by atoms with Crippen LogP contribution in [0.25, 0.3) is 10.8 Å². The molecule has 2 aromatic rings. The predicted octanol–water partition coefficient (Wildman–Crippen LogP) is 2.30. The molecular formula is C13H15N3O2. The van der Waals surface area contributed by atoms with Crippen LogP contribution in [0.1, 0.15) is 19.3 Å². The van der Waals surface area contributed by atoms with Crippen molar-refractivity contribution in [3.05, 3.63) is 30.5 Å². The molecule has 0 spiro atoms. The number of rotatable bonds is 6. The van der Waals surface area contributed by atoms with Gasteiger partial charge in [-0.2, -0.15) is 5.10 Å². The second kappa shape index (κ2) is 5.95. The highest BCUT2D eigenvalue weighted by Gasteiger charge is 2.02. The van der Waals surface area contributed by atoms with E-state index in [0.717, 1.165) is 23.0 Å². The van der Waals surface area contributed by atoms with E-state index in [-0.39, 0.29) is 6.42 Å². The highest BCUT2D eigenvalue weighted by molar-refractivity contribution is 5.90. The lowest BCUT2D eigenvalue weighted by Crippen LogP contribution is -2.05. The number of fused-ring (bicyclic) bond motifs is 1. The van der Waals surface area contributed by atoms with Gasteiger partial charge in [-0.15, -0.1) is 5.10 Å². The Morgan fingerprint density at radius 3 is 2.94 bits per heavy atom. The average molecular weight is 245 g/mol. The van der Waals surface area contributed by atoms with Crippen LogP contribution in [0, 0.1) is 0 Å². The number of nitrogens with one attached hydrogen (secondary N) is 1. The number of anilines is 1. The molecule has 94 valence electrons. The van der Waals surface area contributed by atoms with Crippen molar-refractivity contribution >= 4 is 22.6 Å². The fourth-order valence-electron chi connectivity index (χ4n) is 1.77. The molecule has 18 heavy (non-hydrogen) atoms. The van der Waals surface area contributed by atoms with Gasteiger partial charge in [0.25, 0.3) is 0 Å². The molecule has 2 rings (SSSR count). The Morgan fingerprint density at radius 1 is 1.28 bits per heavy atom. The summed E-state index contributed by atoms with van der Waals surface area (Å²) < 4.78 is 0. The number of benzene rings is 1. The molecule has 0 fully saturated rings. The van der Waals surface area contributed by atoms with Gasteiger partial charge < -0.3 is 10.4 Å². The molecule has 2 N–H and O–H groups in total. The highest BCUT2D eigenvalue weighted by Crippen LogP contribution is 2.19. The number of carbonyl (C=O) groups is 1. The average Bonchev–Trinajstić information content (AvgIpc) is 2.38. The molecule has 0 unspecified atom stereocenters. The van der Waals surface area contributed by atoms with Crippen molar-refractivity contribution in [3.8, 4) is 0 Å². The maximum Gasteiger partial charge on any atom is 0.303 e. The monoisotopic (exact) mass is 245 g/mol. The van der Waals surface area contributed by atoms with Crippen LogP contribution in [-0.2, 0) is 4.79 Å². The number of hydrogen-bond donors (Lipinski definition) is 2. The zero-order chi connectivity index (χ0) is 12.8. The summed E-state index contributed by atoms with van der Waals surface area (Å²) >= 11 is 0. The van der Waals surface area contributed by atoms with E-state index in [1.807, 2.05) is 24.3 Å². The summed E-state index contributed by atoms with van der Waals surface area (Å²) in [5.41, 5.74) is 0. The number of aliphatic carboxylic acids is 1. The lowest BCUT2D eigenvalue weighted by Gasteiger charge is -2.07. The Morgan fingerprint density at radius 2 is 2.11 bits per heavy atom. The summed E-state index contributed by atoms with van der Waals surface area (Å²) in [6.45, 7) is 0.704. The first-order valence-electron chi connectivity index (χ1n) is 5.93. The third-order valence-electron chi connectivity index (χ3n) is 2.68. The third kappa shape index (κ3) is 3.16. The molecule has 5 heteroatoms. The summed E-state index contributed by atoms with van der Waals surface area (Å²) in [7, 11) is 0. The van der Waals surface area contributed by atoms with Gasteiger partial charge in [0, 0.05) is 23.7 Å².